The van der Waals surface area contributed by atoms with Crippen LogP contribution in [0.4, 0.5) is 0 Å². The number of rotatable bonds is 3. The number of carboxylic acid groups (broad SMARTS) is 1. The van der Waals surface area contributed by atoms with Gasteiger partial charge in [0, 0.05) is 5.92 Å². The smallest absolute Gasteiger partial charge is 0.317 e. The van der Waals surface area contributed by atoms with Crippen LogP contribution in [0, 0.1) is 32.1 Å². The molecule has 0 saturated heterocycles. The lowest BCUT2D eigenvalue weighted by Gasteiger charge is -2.33. The Morgan fingerprint density at radius 1 is 1.19 bits per heavy atom. The quantitative estimate of drug-likeness (QED) is 0.861. The molecule has 0 amide bonds. The summed E-state index contributed by atoms with van der Waals surface area (Å²) >= 11 is 0. The first-order valence-electron chi connectivity index (χ1n) is 7.54. The number of benzene rings is 1. The molecule has 3 atom stereocenters. The fraction of sp³-hybridized carbons (Fsp3) is 0.556. The number of Topliss-reactive ketones (excluding diaryl/α,β-unsaturated/α-hetero) is 1. The van der Waals surface area contributed by atoms with Crippen molar-refractivity contribution < 1.29 is 14.7 Å². The van der Waals surface area contributed by atoms with Crippen LogP contribution in [-0.4, -0.2) is 16.9 Å². The number of hydrogen-bond donors (Lipinski definition) is 1. The molecule has 3 unspecified atom stereocenters. The van der Waals surface area contributed by atoms with Crippen LogP contribution in [0.2, 0.25) is 0 Å². The third kappa shape index (κ3) is 2.29. The fourth-order valence-corrected chi connectivity index (χ4v) is 4.26. The Labute approximate surface area is 126 Å². The minimum absolute atomic E-state index is 0.199. The maximum Gasteiger partial charge on any atom is 0.317 e. The van der Waals surface area contributed by atoms with E-state index in [4.69, 9.17) is 0 Å². The van der Waals surface area contributed by atoms with E-state index in [9.17, 15) is 14.7 Å². The zero-order valence-electron chi connectivity index (χ0n) is 13.5. The molecule has 1 N–H and O–H groups in total. The van der Waals surface area contributed by atoms with Crippen molar-refractivity contribution in [2.45, 2.75) is 53.4 Å². The molecule has 21 heavy (non-hydrogen) atoms. The van der Waals surface area contributed by atoms with Crippen LogP contribution in [0.15, 0.2) is 12.1 Å². The van der Waals surface area contributed by atoms with Gasteiger partial charge in [0.25, 0.3) is 0 Å². The van der Waals surface area contributed by atoms with E-state index in [1.54, 1.807) is 0 Å². The number of carbonyl (C=O) groups excluding carboxylic acids is 1. The molecule has 0 radical (unpaired) electrons. The molecular weight excluding hydrogens is 264 g/mol. The zero-order valence-corrected chi connectivity index (χ0v) is 13.5. The van der Waals surface area contributed by atoms with Crippen molar-refractivity contribution in [2.24, 2.45) is 11.3 Å². The van der Waals surface area contributed by atoms with Crippen molar-refractivity contribution >= 4 is 11.8 Å². The van der Waals surface area contributed by atoms with Crippen molar-refractivity contribution in [3.63, 3.8) is 0 Å². The van der Waals surface area contributed by atoms with Crippen molar-refractivity contribution in [1.29, 1.82) is 0 Å². The van der Waals surface area contributed by atoms with Crippen LogP contribution in [0.25, 0.3) is 0 Å². The number of carboxylic acids is 1. The Hall–Kier alpha value is -1.64. The molecule has 1 aliphatic carbocycles. The van der Waals surface area contributed by atoms with Gasteiger partial charge in [-0.25, -0.2) is 0 Å². The van der Waals surface area contributed by atoms with Gasteiger partial charge in [-0.2, -0.15) is 0 Å². The predicted molar refractivity (Wildman–Crippen MR) is 82.5 cm³/mol. The molecular formula is C18H24O3. The second-order valence-electron chi connectivity index (χ2n) is 6.64. The molecule has 1 aromatic carbocycles. The van der Waals surface area contributed by atoms with Crippen LogP contribution in [-0.2, 0) is 9.59 Å². The minimum Gasteiger partial charge on any atom is -0.480 e. The van der Waals surface area contributed by atoms with E-state index >= 15 is 0 Å². The molecule has 0 spiro atoms. The summed E-state index contributed by atoms with van der Waals surface area (Å²) in [6.07, 6.45) is 1.22. The number of ketones is 1. The summed E-state index contributed by atoms with van der Waals surface area (Å²) in [6, 6.07) is 4.17. The molecule has 3 heteroatoms. The summed E-state index contributed by atoms with van der Waals surface area (Å²) in [5.74, 6) is -1.22. The van der Waals surface area contributed by atoms with E-state index in [0.717, 1.165) is 23.1 Å². The molecule has 3 nitrogen and oxygen atoms in total. The van der Waals surface area contributed by atoms with Gasteiger partial charge in [-0.05, 0) is 63.1 Å². The summed E-state index contributed by atoms with van der Waals surface area (Å²) in [6.45, 7) is 9.58. The van der Waals surface area contributed by atoms with E-state index in [2.05, 4.69) is 19.1 Å². The molecule has 0 bridgehead atoms. The van der Waals surface area contributed by atoms with Crippen molar-refractivity contribution in [1.82, 2.24) is 0 Å². The van der Waals surface area contributed by atoms with Crippen LogP contribution in [0.1, 0.15) is 54.9 Å². The maximum atomic E-state index is 12.2. The highest BCUT2D eigenvalue weighted by atomic mass is 16.4. The lowest BCUT2D eigenvalue weighted by atomic mass is 9.67. The molecule has 1 aromatic rings. The first kappa shape index (κ1) is 15.7. The largest absolute Gasteiger partial charge is 0.480 e. The van der Waals surface area contributed by atoms with E-state index in [-0.39, 0.29) is 17.6 Å². The fourth-order valence-electron chi connectivity index (χ4n) is 4.26. The predicted octanol–water partition coefficient (Wildman–Crippen LogP) is 3.79. The molecule has 2 rings (SSSR count). The average Bonchev–Trinajstić information content (AvgIpc) is 2.67. The molecule has 0 heterocycles. The number of aliphatic carboxylic acids is 1. The molecule has 0 aliphatic heterocycles. The third-order valence-corrected chi connectivity index (χ3v) is 5.15. The van der Waals surface area contributed by atoms with Crippen LogP contribution in [0.5, 0.6) is 0 Å². The van der Waals surface area contributed by atoms with Gasteiger partial charge >= 0.3 is 5.97 Å². The number of aryl methyl sites for hydroxylation is 3. The lowest BCUT2D eigenvalue weighted by Crippen LogP contribution is -2.41. The summed E-state index contributed by atoms with van der Waals surface area (Å²) < 4.78 is 0. The third-order valence-electron chi connectivity index (χ3n) is 5.15. The Bertz CT molecular complexity index is 563. The number of hydrogen-bond acceptors (Lipinski definition) is 2. The standard InChI is InChI=1S/C18H24O3/c1-10-8-12(3)15(13(4)9-10)16-11(2)6-7-18(16,14(5)19)17(20)21/h8-9,11,16H,6-7H2,1-5H3,(H,20,21). The Kier molecular flexibility index (Phi) is 3.96. The summed E-state index contributed by atoms with van der Waals surface area (Å²) in [4.78, 5) is 24.2. The summed E-state index contributed by atoms with van der Waals surface area (Å²) in [5, 5.41) is 9.80. The Morgan fingerprint density at radius 3 is 2.14 bits per heavy atom. The molecule has 0 aromatic heterocycles. The molecule has 114 valence electrons. The first-order chi connectivity index (χ1) is 9.71. The summed E-state index contributed by atoms with van der Waals surface area (Å²) in [5.41, 5.74) is 3.16. The van der Waals surface area contributed by atoms with Gasteiger partial charge in [-0.3, -0.25) is 9.59 Å². The second-order valence-corrected chi connectivity index (χ2v) is 6.64. The van der Waals surface area contributed by atoms with E-state index in [1.165, 1.54) is 12.5 Å². The van der Waals surface area contributed by atoms with Gasteiger partial charge in [0.15, 0.2) is 0 Å². The van der Waals surface area contributed by atoms with E-state index in [0.29, 0.717) is 6.42 Å². The molecule has 1 saturated carbocycles. The normalized spacial score (nSPS) is 28.6. The van der Waals surface area contributed by atoms with Crippen molar-refractivity contribution in [3.05, 3.63) is 34.4 Å². The van der Waals surface area contributed by atoms with Crippen molar-refractivity contribution in [2.75, 3.05) is 0 Å². The SMILES string of the molecule is CC(=O)C1(C(=O)O)CCC(C)C1c1c(C)cc(C)cc1C. The highest BCUT2D eigenvalue weighted by Crippen LogP contribution is 2.54. The Morgan fingerprint density at radius 2 is 1.71 bits per heavy atom. The lowest BCUT2D eigenvalue weighted by molar-refractivity contribution is -0.155. The van der Waals surface area contributed by atoms with Crippen LogP contribution < -0.4 is 0 Å². The average molecular weight is 288 g/mol. The minimum atomic E-state index is -1.26. The van der Waals surface area contributed by atoms with Gasteiger partial charge in [0.05, 0.1) is 0 Å². The van der Waals surface area contributed by atoms with Gasteiger partial charge in [0.1, 0.15) is 11.2 Å². The van der Waals surface area contributed by atoms with E-state index < -0.39 is 11.4 Å². The van der Waals surface area contributed by atoms with Gasteiger partial charge in [0.2, 0.25) is 0 Å². The van der Waals surface area contributed by atoms with Crippen LogP contribution >= 0.6 is 0 Å². The molecule has 1 fully saturated rings. The Balaban J connectivity index is 2.70. The second kappa shape index (κ2) is 5.28. The van der Waals surface area contributed by atoms with Crippen LogP contribution in [0.3, 0.4) is 0 Å². The van der Waals surface area contributed by atoms with Gasteiger partial charge in [-0.15, -0.1) is 0 Å². The monoisotopic (exact) mass is 288 g/mol. The van der Waals surface area contributed by atoms with Gasteiger partial charge in [-0.1, -0.05) is 24.6 Å². The van der Waals surface area contributed by atoms with E-state index in [1.807, 2.05) is 20.8 Å². The zero-order chi connectivity index (χ0) is 15.9. The maximum absolute atomic E-state index is 12.2. The first-order valence-corrected chi connectivity index (χ1v) is 7.54. The van der Waals surface area contributed by atoms with Gasteiger partial charge < -0.3 is 5.11 Å². The highest BCUT2D eigenvalue weighted by molar-refractivity contribution is 6.03. The highest BCUT2D eigenvalue weighted by Gasteiger charge is 2.57. The summed E-state index contributed by atoms with van der Waals surface area (Å²) in [7, 11) is 0. The topological polar surface area (TPSA) is 54.4 Å². The van der Waals surface area contributed by atoms with Crippen molar-refractivity contribution in [3.8, 4) is 0 Å². The number of carbonyl (C=O) groups is 2. The molecule has 1 aliphatic rings.